The number of hydrogen-bond acceptors (Lipinski definition) is 5. The summed E-state index contributed by atoms with van der Waals surface area (Å²) in [4.78, 5) is 9.23. The maximum absolute atomic E-state index is 9.57. The van der Waals surface area contributed by atoms with Crippen molar-refractivity contribution < 1.29 is 5.11 Å². The lowest BCUT2D eigenvalue weighted by atomic mass is 9.87. The SMILES string of the molecule is CNc1nc(C(C)C)nc(NCC2CCC(O)CC2)c1C. The lowest BCUT2D eigenvalue weighted by Gasteiger charge is -2.26. The van der Waals surface area contributed by atoms with Gasteiger partial charge in [-0.3, -0.25) is 0 Å². The molecule has 118 valence electrons. The van der Waals surface area contributed by atoms with E-state index in [-0.39, 0.29) is 6.10 Å². The zero-order valence-electron chi connectivity index (χ0n) is 13.6. The van der Waals surface area contributed by atoms with Crippen molar-refractivity contribution in [2.75, 3.05) is 24.2 Å². The molecule has 3 N–H and O–H groups in total. The van der Waals surface area contributed by atoms with Gasteiger partial charge in [-0.2, -0.15) is 0 Å². The Morgan fingerprint density at radius 1 is 1.14 bits per heavy atom. The van der Waals surface area contributed by atoms with Crippen molar-refractivity contribution in [1.29, 1.82) is 0 Å². The van der Waals surface area contributed by atoms with Crippen molar-refractivity contribution in [2.24, 2.45) is 5.92 Å². The van der Waals surface area contributed by atoms with E-state index in [0.717, 1.165) is 55.3 Å². The average molecular weight is 292 g/mol. The summed E-state index contributed by atoms with van der Waals surface area (Å²) in [6, 6.07) is 0. The van der Waals surface area contributed by atoms with Crippen molar-refractivity contribution in [3.63, 3.8) is 0 Å². The molecule has 0 spiro atoms. The molecule has 21 heavy (non-hydrogen) atoms. The summed E-state index contributed by atoms with van der Waals surface area (Å²) in [7, 11) is 1.89. The van der Waals surface area contributed by atoms with Gasteiger partial charge >= 0.3 is 0 Å². The maximum atomic E-state index is 9.57. The van der Waals surface area contributed by atoms with Crippen LogP contribution in [0.5, 0.6) is 0 Å². The quantitative estimate of drug-likeness (QED) is 0.778. The van der Waals surface area contributed by atoms with E-state index in [2.05, 4.69) is 34.4 Å². The summed E-state index contributed by atoms with van der Waals surface area (Å²) in [5.41, 5.74) is 1.07. The smallest absolute Gasteiger partial charge is 0.135 e. The van der Waals surface area contributed by atoms with Crippen LogP contribution >= 0.6 is 0 Å². The van der Waals surface area contributed by atoms with Gasteiger partial charge in [-0.1, -0.05) is 13.8 Å². The van der Waals surface area contributed by atoms with Crippen LogP contribution in [0.15, 0.2) is 0 Å². The maximum Gasteiger partial charge on any atom is 0.135 e. The van der Waals surface area contributed by atoms with E-state index in [9.17, 15) is 5.11 Å². The number of aromatic nitrogens is 2. The molecule has 5 heteroatoms. The predicted octanol–water partition coefficient (Wildman–Crippen LogP) is 2.91. The molecule has 1 aromatic rings. The second kappa shape index (κ2) is 7.07. The van der Waals surface area contributed by atoms with Gasteiger partial charge in [0, 0.05) is 25.1 Å². The molecule has 0 atom stereocenters. The third kappa shape index (κ3) is 4.06. The minimum absolute atomic E-state index is 0.0922. The Labute approximate surface area is 127 Å². The number of nitrogens with one attached hydrogen (secondary N) is 2. The summed E-state index contributed by atoms with van der Waals surface area (Å²) in [6.07, 6.45) is 3.94. The van der Waals surface area contributed by atoms with Crippen LogP contribution in [0.2, 0.25) is 0 Å². The Hall–Kier alpha value is -1.36. The van der Waals surface area contributed by atoms with Crippen LogP contribution in [0, 0.1) is 12.8 Å². The fourth-order valence-electron chi connectivity index (χ4n) is 2.80. The molecule has 0 radical (unpaired) electrons. The molecule has 0 bridgehead atoms. The van der Waals surface area contributed by atoms with Crippen LogP contribution in [-0.2, 0) is 0 Å². The van der Waals surface area contributed by atoms with Gasteiger partial charge < -0.3 is 15.7 Å². The number of rotatable bonds is 5. The molecule has 0 saturated heterocycles. The van der Waals surface area contributed by atoms with E-state index >= 15 is 0 Å². The highest BCUT2D eigenvalue weighted by molar-refractivity contribution is 5.57. The molecule has 1 aliphatic carbocycles. The first-order valence-corrected chi connectivity index (χ1v) is 7.99. The van der Waals surface area contributed by atoms with Crippen molar-refractivity contribution in [2.45, 2.75) is 58.5 Å². The first kappa shape index (κ1) is 16.0. The van der Waals surface area contributed by atoms with E-state index in [1.807, 2.05) is 14.0 Å². The highest BCUT2D eigenvalue weighted by Gasteiger charge is 2.20. The molecule has 1 aromatic heterocycles. The van der Waals surface area contributed by atoms with Gasteiger partial charge in [0.1, 0.15) is 17.5 Å². The molecule has 0 amide bonds. The monoisotopic (exact) mass is 292 g/mol. The van der Waals surface area contributed by atoms with Crippen molar-refractivity contribution >= 4 is 11.6 Å². The molecule has 5 nitrogen and oxygen atoms in total. The van der Waals surface area contributed by atoms with Gasteiger partial charge in [-0.05, 0) is 38.5 Å². The highest BCUT2D eigenvalue weighted by atomic mass is 16.3. The Bertz CT molecular complexity index is 468. The van der Waals surface area contributed by atoms with E-state index in [4.69, 9.17) is 0 Å². The van der Waals surface area contributed by atoms with Crippen molar-refractivity contribution in [1.82, 2.24) is 9.97 Å². The molecule has 1 fully saturated rings. The minimum Gasteiger partial charge on any atom is -0.393 e. The first-order chi connectivity index (χ1) is 10.0. The van der Waals surface area contributed by atoms with Gasteiger partial charge in [0.05, 0.1) is 6.10 Å². The Morgan fingerprint density at radius 3 is 2.33 bits per heavy atom. The van der Waals surface area contributed by atoms with Gasteiger partial charge in [0.25, 0.3) is 0 Å². The summed E-state index contributed by atoms with van der Waals surface area (Å²) in [5.74, 6) is 3.64. The van der Waals surface area contributed by atoms with Gasteiger partial charge in [-0.25, -0.2) is 9.97 Å². The van der Waals surface area contributed by atoms with Crippen molar-refractivity contribution in [3.8, 4) is 0 Å². The summed E-state index contributed by atoms with van der Waals surface area (Å²) in [6.45, 7) is 7.18. The zero-order valence-corrected chi connectivity index (χ0v) is 13.6. The van der Waals surface area contributed by atoms with Crippen LogP contribution in [0.25, 0.3) is 0 Å². The standard InChI is InChI=1S/C16H28N4O/c1-10(2)14-19-15(17-4)11(3)16(20-14)18-9-12-5-7-13(21)8-6-12/h10,12-13,21H,5-9H2,1-4H3,(H2,17,18,19,20). The van der Waals surface area contributed by atoms with E-state index in [1.165, 1.54) is 0 Å². The molecule has 1 saturated carbocycles. The van der Waals surface area contributed by atoms with E-state index in [0.29, 0.717) is 11.8 Å². The second-order valence-electron chi connectivity index (χ2n) is 6.36. The predicted molar refractivity (Wildman–Crippen MR) is 86.9 cm³/mol. The number of hydrogen-bond donors (Lipinski definition) is 3. The normalized spacial score (nSPS) is 22.4. The lowest BCUT2D eigenvalue weighted by molar-refractivity contribution is 0.111. The van der Waals surface area contributed by atoms with Gasteiger partial charge in [0.15, 0.2) is 0 Å². The Kier molecular flexibility index (Phi) is 5.39. The molecule has 0 aliphatic heterocycles. The molecule has 1 aliphatic rings. The minimum atomic E-state index is -0.0922. The van der Waals surface area contributed by atoms with Gasteiger partial charge in [0.2, 0.25) is 0 Å². The second-order valence-corrected chi connectivity index (χ2v) is 6.36. The Morgan fingerprint density at radius 2 is 1.76 bits per heavy atom. The number of anilines is 2. The fourth-order valence-corrected chi connectivity index (χ4v) is 2.80. The zero-order chi connectivity index (χ0) is 15.4. The lowest BCUT2D eigenvalue weighted by Crippen LogP contribution is -2.24. The Balaban J connectivity index is 2.06. The van der Waals surface area contributed by atoms with Crippen LogP contribution in [0.1, 0.15) is 56.8 Å². The summed E-state index contributed by atoms with van der Waals surface area (Å²) in [5, 5.41) is 16.2. The van der Waals surface area contributed by atoms with E-state index < -0.39 is 0 Å². The number of aliphatic hydroxyl groups excluding tert-OH is 1. The van der Waals surface area contributed by atoms with E-state index in [1.54, 1.807) is 0 Å². The molecule has 0 aromatic carbocycles. The summed E-state index contributed by atoms with van der Waals surface area (Å²) < 4.78 is 0. The fraction of sp³-hybridized carbons (Fsp3) is 0.750. The first-order valence-electron chi connectivity index (χ1n) is 7.99. The van der Waals surface area contributed by atoms with Crippen LogP contribution < -0.4 is 10.6 Å². The molecular weight excluding hydrogens is 264 g/mol. The summed E-state index contributed by atoms with van der Waals surface area (Å²) >= 11 is 0. The van der Waals surface area contributed by atoms with Crippen LogP contribution in [0.4, 0.5) is 11.6 Å². The van der Waals surface area contributed by atoms with Gasteiger partial charge in [-0.15, -0.1) is 0 Å². The van der Waals surface area contributed by atoms with Crippen LogP contribution in [-0.4, -0.2) is 34.8 Å². The van der Waals surface area contributed by atoms with Crippen molar-refractivity contribution in [3.05, 3.63) is 11.4 Å². The third-order valence-corrected chi connectivity index (χ3v) is 4.29. The molecule has 2 rings (SSSR count). The molecule has 0 unspecified atom stereocenters. The third-order valence-electron chi connectivity index (χ3n) is 4.29. The molecule has 1 heterocycles. The van der Waals surface area contributed by atoms with Crippen LogP contribution in [0.3, 0.4) is 0 Å². The number of nitrogens with zero attached hydrogens (tertiary/aromatic N) is 2. The average Bonchev–Trinajstić information content (AvgIpc) is 2.47. The highest BCUT2D eigenvalue weighted by Crippen LogP contribution is 2.26. The topological polar surface area (TPSA) is 70.1 Å². The number of aliphatic hydroxyl groups is 1. The molecular formula is C16H28N4O. The largest absolute Gasteiger partial charge is 0.393 e.